The minimum Gasteiger partial charge on any atom is -0.393 e. The van der Waals surface area contributed by atoms with Crippen LogP contribution in [-0.4, -0.2) is 59.0 Å². The second kappa shape index (κ2) is 28.9. The van der Waals surface area contributed by atoms with Crippen molar-refractivity contribution in [3.63, 3.8) is 0 Å². The minimum absolute atomic E-state index is 0.0586. The van der Waals surface area contributed by atoms with Gasteiger partial charge in [0, 0.05) is 6.54 Å². The monoisotopic (exact) mass is 620 g/mol. The van der Waals surface area contributed by atoms with Gasteiger partial charge in [0.05, 0.1) is 37.9 Å². The van der Waals surface area contributed by atoms with Crippen LogP contribution in [0.1, 0.15) is 149 Å². The fraction of sp³-hybridized carbons (Fsp3) is 0.906. The fourth-order valence-electron chi connectivity index (χ4n) is 4.82. The lowest BCUT2D eigenvalue weighted by molar-refractivity contribution is -0.125. The van der Waals surface area contributed by atoms with Crippen LogP contribution < -0.4 is 11.1 Å². The van der Waals surface area contributed by atoms with Crippen LogP contribution in [0.25, 0.3) is 0 Å². The summed E-state index contributed by atoms with van der Waals surface area (Å²) in [5, 5.41) is 23.9. The van der Waals surface area contributed by atoms with Gasteiger partial charge < -0.3 is 26.2 Å². The molecule has 0 aromatic rings. The second-order valence-electron chi connectivity index (χ2n) is 11.6. The van der Waals surface area contributed by atoms with Gasteiger partial charge in [0.1, 0.15) is 0 Å². The van der Waals surface area contributed by atoms with Crippen LogP contribution in [0.4, 0.5) is 0 Å². The first-order valence-electron chi connectivity index (χ1n) is 16.9. The quantitative estimate of drug-likeness (QED) is 0.0313. The molecule has 4 atom stereocenters. The number of hydrogen-bond acceptors (Lipinski definition) is 7. The van der Waals surface area contributed by atoms with Gasteiger partial charge in [-0.2, -0.15) is 0 Å². The van der Waals surface area contributed by atoms with Crippen molar-refractivity contribution in [3.05, 3.63) is 12.2 Å². The lowest BCUT2D eigenvalue weighted by Crippen LogP contribution is -2.47. The molecule has 6 N–H and O–H groups in total. The second-order valence-corrected chi connectivity index (χ2v) is 13.0. The first-order chi connectivity index (χ1) is 20.3. The smallest absolute Gasteiger partial charge is 0.393 e. The summed E-state index contributed by atoms with van der Waals surface area (Å²) in [6.07, 6.45) is 24.1. The molecule has 0 fully saturated rings. The Hall–Kier alpha value is -0.800. The van der Waals surface area contributed by atoms with Gasteiger partial charge in [0.25, 0.3) is 0 Å². The number of unbranched alkanes of at least 4 members (excludes halogenated alkanes) is 15. The van der Waals surface area contributed by atoms with Gasteiger partial charge in [-0.3, -0.25) is 13.8 Å². The molecule has 0 spiro atoms. The van der Waals surface area contributed by atoms with Crippen molar-refractivity contribution < 1.29 is 33.5 Å². The molecule has 0 saturated heterocycles. The van der Waals surface area contributed by atoms with E-state index in [1.54, 1.807) is 0 Å². The number of nitrogens with two attached hydrogens (primary N) is 1. The zero-order chi connectivity index (χ0) is 31.3. The number of carbonyl (C=O) groups is 1. The maximum Gasteiger partial charge on any atom is 0.472 e. The topological polar surface area (TPSA) is 151 Å². The van der Waals surface area contributed by atoms with Gasteiger partial charge in [-0.1, -0.05) is 116 Å². The highest BCUT2D eigenvalue weighted by atomic mass is 31.2. The number of aliphatic hydroxyl groups is 2. The summed E-state index contributed by atoms with van der Waals surface area (Å²) in [6, 6.07) is -0.894. The summed E-state index contributed by atoms with van der Waals surface area (Å²) < 4.78 is 21.9. The lowest BCUT2D eigenvalue weighted by atomic mass is 10.0. The summed E-state index contributed by atoms with van der Waals surface area (Å²) >= 11 is 0. The fourth-order valence-corrected chi connectivity index (χ4v) is 5.58. The molecule has 0 bridgehead atoms. The van der Waals surface area contributed by atoms with Crippen LogP contribution in [-0.2, 0) is 18.4 Å². The largest absolute Gasteiger partial charge is 0.472 e. The molecule has 42 heavy (non-hydrogen) atoms. The summed E-state index contributed by atoms with van der Waals surface area (Å²) in [4.78, 5) is 22.5. The van der Waals surface area contributed by atoms with E-state index in [4.69, 9.17) is 14.8 Å². The number of aliphatic hydroxyl groups excluding tert-OH is 2. The van der Waals surface area contributed by atoms with E-state index >= 15 is 0 Å². The third-order valence-corrected chi connectivity index (χ3v) is 8.41. The number of rotatable bonds is 31. The van der Waals surface area contributed by atoms with E-state index in [2.05, 4.69) is 31.3 Å². The van der Waals surface area contributed by atoms with Gasteiger partial charge in [0.2, 0.25) is 5.91 Å². The molecule has 0 aliphatic heterocycles. The first-order valence-corrected chi connectivity index (χ1v) is 18.4. The van der Waals surface area contributed by atoms with Crippen molar-refractivity contribution in [2.24, 2.45) is 5.73 Å². The molecule has 0 rings (SSSR count). The van der Waals surface area contributed by atoms with Gasteiger partial charge in [0.15, 0.2) is 0 Å². The van der Waals surface area contributed by atoms with Crippen molar-refractivity contribution in [1.82, 2.24) is 5.32 Å². The molecule has 1 amide bonds. The molecule has 0 radical (unpaired) electrons. The highest BCUT2D eigenvalue weighted by Crippen LogP contribution is 2.43. The van der Waals surface area contributed by atoms with Crippen LogP contribution in [0.5, 0.6) is 0 Å². The Labute approximate surface area is 257 Å². The molecule has 4 unspecified atom stereocenters. The number of nitrogens with one attached hydrogen (secondary N) is 1. The van der Waals surface area contributed by atoms with E-state index in [1.165, 1.54) is 64.2 Å². The molecule has 0 aromatic heterocycles. The Kier molecular flexibility index (Phi) is 28.4. The van der Waals surface area contributed by atoms with Crippen molar-refractivity contribution in [3.8, 4) is 0 Å². The average molecular weight is 621 g/mol. The van der Waals surface area contributed by atoms with E-state index < -0.39 is 32.0 Å². The van der Waals surface area contributed by atoms with E-state index in [0.717, 1.165) is 51.4 Å². The Balaban J connectivity index is 4.49. The minimum atomic E-state index is -4.36. The van der Waals surface area contributed by atoms with Crippen molar-refractivity contribution in [1.29, 1.82) is 0 Å². The molecule has 250 valence electrons. The molecule has 10 heteroatoms. The van der Waals surface area contributed by atoms with Crippen LogP contribution >= 0.6 is 7.82 Å². The van der Waals surface area contributed by atoms with Gasteiger partial charge in [-0.15, -0.1) is 0 Å². The third-order valence-electron chi connectivity index (χ3n) is 7.42. The maximum absolute atomic E-state index is 12.7. The maximum atomic E-state index is 12.7. The van der Waals surface area contributed by atoms with Gasteiger partial charge >= 0.3 is 7.82 Å². The normalized spacial score (nSPS) is 15.5. The number of amides is 1. The number of allylic oxidation sites excluding steroid dienone is 2. The molecule has 0 saturated carbocycles. The SMILES string of the molecule is CCCCC/C=C\CCCCCC(O)CC(=O)NC(COP(=O)(O)OCCN)C(O)CCCCCCCCCCCC. The van der Waals surface area contributed by atoms with Crippen molar-refractivity contribution in [2.45, 2.75) is 167 Å². The number of hydrogen-bond donors (Lipinski definition) is 5. The number of phosphoric ester groups is 1. The highest BCUT2D eigenvalue weighted by Gasteiger charge is 2.28. The summed E-state index contributed by atoms with van der Waals surface area (Å²) in [6.45, 7) is 3.95. The first kappa shape index (κ1) is 41.2. The molecule has 0 aromatic carbocycles. The predicted octanol–water partition coefficient (Wildman–Crippen LogP) is 7.07. The predicted molar refractivity (Wildman–Crippen MR) is 172 cm³/mol. The third kappa shape index (κ3) is 26.8. The summed E-state index contributed by atoms with van der Waals surface area (Å²) in [5.74, 6) is -0.427. The average Bonchev–Trinajstić information content (AvgIpc) is 2.96. The van der Waals surface area contributed by atoms with Crippen molar-refractivity contribution >= 4 is 13.7 Å². The Morgan fingerprint density at radius 2 is 1.29 bits per heavy atom. The van der Waals surface area contributed by atoms with Crippen LogP contribution in [0.2, 0.25) is 0 Å². The van der Waals surface area contributed by atoms with Gasteiger partial charge in [-0.05, 0) is 38.5 Å². The molecule has 0 aliphatic rings. The molecular weight excluding hydrogens is 555 g/mol. The Morgan fingerprint density at radius 1 is 0.786 bits per heavy atom. The standard InChI is InChI=1S/C32H65N2O7P/c1-3-5-7-9-11-13-15-17-19-21-23-29(35)27-32(37)34-30(28-41-42(38,39)40-26-25-33)31(36)24-22-20-18-16-14-12-10-8-6-4-2/h11,13,29-31,35-36H,3-10,12,14-28,33H2,1-2H3,(H,34,37)(H,38,39)/b13-11-. The summed E-state index contributed by atoms with van der Waals surface area (Å²) in [7, 11) is -4.36. The highest BCUT2D eigenvalue weighted by molar-refractivity contribution is 7.47. The van der Waals surface area contributed by atoms with Crippen LogP contribution in [0, 0.1) is 0 Å². The Morgan fingerprint density at radius 3 is 1.88 bits per heavy atom. The zero-order valence-electron chi connectivity index (χ0n) is 26.9. The number of phosphoric acid groups is 1. The van der Waals surface area contributed by atoms with Crippen LogP contribution in [0.15, 0.2) is 12.2 Å². The van der Waals surface area contributed by atoms with E-state index in [9.17, 15) is 24.5 Å². The molecule has 0 heterocycles. The van der Waals surface area contributed by atoms with Crippen molar-refractivity contribution in [2.75, 3.05) is 19.8 Å². The van der Waals surface area contributed by atoms with E-state index in [1.807, 2.05) is 0 Å². The molecule has 9 nitrogen and oxygen atoms in total. The van der Waals surface area contributed by atoms with Gasteiger partial charge in [-0.25, -0.2) is 4.57 Å². The Bertz CT molecular complexity index is 696. The number of carbonyl (C=O) groups excluding carboxylic acids is 1. The van der Waals surface area contributed by atoms with E-state index in [-0.39, 0.29) is 26.2 Å². The molecular formula is C32H65N2O7P. The summed E-state index contributed by atoms with van der Waals surface area (Å²) in [5.41, 5.74) is 5.33. The van der Waals surface area contributed by atoms with Crippen LogP contribution in [0.3, 0.4) is 0 Å². The van der Waals surface area contributed by atoms with E-state index in [0.29, 0.717) is 12.8 Å². The molecule has 0 aliphatic carbocycles. The lowest BCUT2D eigenvalue weighted by Gasteiger charge is -2.25. The zero-order valence-corrected chi connectivity index (χ0v) is 27.8.